The van der Waals surface area contributed by atoms with Crippen LogP contribution in [0.5, 0.6) is 5.75 Å². The number of amides is 1. The summed E-state index contributed by atoms with van der Waals surface area (Å²) in [5, 5.41) is 6.46. The van der Waals surface area contributed by atoms with Crippen molar-refractivity contribution in [3.05, 3.63) is 111 Å². The van der Waals surface area contributed by atoms with E-state index in [0.29, 0.717) is 25.2 Å². The van der Waals surface area contributed by atoms with E-state index < -0.39 is 0 Å². The predicted molar refractivity (Wildman–Crippen MR) is 141 cm³/mol. The molecule has 0 aliphatic heterocycles. The highest BCUT2D eigenvalue weighted by atomic mass is 79.9. The molecule has 6 heteroatoms. The molecular formula is C27H22Br2N2O2. The van der Waals surface area contributed by atoms with Gasteiger partial charge in [0.25, 0.3) is 0 Å². The van der Waals surface area contributed by atoms with Gasteiger partial charge in [-0.3, -0.25) is 4.79 Å². The SMILES string of the molecule is O=C(CCc1ccccc1)N/N=C\c1cc(Br)c(OCc2cccc3ccccc23)c(Br)c1. The number of fused-ring (bicyclic) bond motifs is 1. The first-order valence-electron chi connectivity index (χ1n) is 10.5. The quantitative estimate of drug-likeness (QED) is 0.184. The van der Waals surface area contributed by atoms with Gasteiger partial charge in [-0.05, 0) is 77.9 Å². The van der Waals surface area contributed by atoms with Crippen LogP contribution in [0.25, 0.3) is 10.8 Å². The zero-order valence-corrected chi connectivity index (χ0v) is 21.0. The van der Waals surface area contributed by atoms with Crippen molar-refractivity contribution in [2.75, 3.05) is 0 Å². The molecule has 0 aliphatic carbocycles. The molecule has 166 valence electrons. The summed E-state index contributed by atoms with van der Waals surface area (Å²) in [5.74, 6) is 0.593. The molecule has 0 spiro atoms. The van der Waals surface area contributed by atoms with Crippen LogP contribution >= 0.6 is 31.9 Å². The fourth-order valence-electron chi connectivity index (χ4n) is 3.50. The highest BCUT2D eigenvalue weighted by Gasteiger charge is 2.10. The van der Waals surface area contributed by atoms with Crippen LogP contribution in [-0.4, -0.2) is 12.1 Å². The summed E-state index contributed by atoms with van der Waals surface area (Å²) >= 11 is 7.18. The van der Waals surface area contributed by atoms with Gasteiger partial charge in [0.1, 0.15) is 12.4 Å². The maximum absolute atomic E-state index is 12.0. The van der Waals surface area contributed by atoms with E-state index in [1.54, 1.807) is 6.21 Å². The number of benzene rings is 4. The molecule has 4 aromatic carbocycles. The third kappa shape index (κ3) is 6.30. The number of hydrogen-bond acceptors (Lipinski definition) is 3. The lowest BCUT2D eigenvalue weighted by atomic mass is 10.1. The standard InChI is InChI=1S/C27H22Br2N2O2/c28-24-15-20(17-30-31-26(32)14-13-19-7-2-1-3-8-19)16-25(29)27(24)33-18-22-11-6-10-21-9-4-5-12-23(21)22/h1-12,15-17H,13-14,18H2,(H,31,32)/b30-17-. The van der Waals surface area contributed by atoms with Crippen molar-refractivity contribution < 1.29 is 9.53 Å². The van der Waals surface area contributed by atoms with Gasteiger partial charge >= 0.3 is 0 Å². The topological polar surface area (TPSA) is 50.7 Å². The Morgan fingerprint density at radius 2 is 1.61 bits per heavy atom. The smallest absolute Gasteiger partial charge is 0.240 e. The van der Waals surface area contributed by atoms with Crippen molar-refractivity contribution in [1.29, 1.82) is 0 Å². The van der Waals surface area contributed by atoms with E-state index in [2.05, 4.69) is 66.7 Å². The monoisotopic (exact) mass is 564 g/mol. The van der Waals surface area contributed by atoms with Gasteiger partial charge < -0.3 is 4.74 Å². The zero-order chi connectivity index (χ0) is 23.0. The lowest BCUT2D eigenvalue weighted by Gasteiger charge is -2.13. The molecule has 0 radical (unpaired) electrons. The molecule has 0 atom stereocenters. The average molecular weight is 566 g/mol. The minimum atomic E-state index is -0.122. The van der Waals surface area contributed by atoms with Crippen LogP contribution in [0.15, 0.2) is 99.0 Å². The zero-order valence-electron chi connectivity index (χ0n) is 17.8. The van der Waals surface area contributed by atoms with Crippen molar-refractivity contribution in [3.8, 4) is 5.75 Å². The van der Waals surface area contributed by atoms with Crippen LogP contribution in [-0.2, 0) is 17.8 Å². The van der Waals surface area contributed by atoms with Gasteiger partial charge in [0.2, 0.25) is 5.91 Å². The van der Waals surface area contributed by atoms with Crippen molar-refractivity contribution in [2.45, 2.75) is 19.4 Å². The Hall–Kier alpha value is -2.96. The van der Waals surface area contributed by atoms with Crippen LogP contribution in [0.1, 0.15) is 23.1 Å². The maximum Gasteiger partial charge on any atom is 0.240 e. The molecule has 0 bridgehead atoms. The molecule has 0 aromatic heterocycles. The summed E-state index contributed by atoms with van der Waals surface area (Å²) in [6, 6.07) is 28.2. The van der Waals surface area contributed by atoms with E-state index in [1.807, 2.05) is 60.7 Å². The van der Waals surface area contributed by atoms with Gasteiger partial charge in [-0.1, -0.05) is 72.8 Å². The molecule has 0 aliphatic rings. The summed E-state index contributed by atoms with van der Waals surface area (Å²) in [6.07, 6.45) is 2.68. The molecule has 4 aromatic rings. The van der Waals surface area contributed by atoms with Crippen molar-refractivity contribution in [3.63, 3.8) is 0 Å². The highest BCUT2D eigenvalue weighted by Crippen LogP contribution is 2.35. The lowest BCUT2D eigenvalue weighted by molar-refractivity contribution is -0.121. The molecule has 33 heavy (non-hydrogen) atoms. The number of carbonyl (C=O) groups excluding carboxylic acids is 1. The second kappa shape index (κ2) is 11.3. The molecule has 0 saturated heterocycles. The molecule has 1 amide bonds. The van der Waals surface area contributed by atoms with Crippen molar-refractivity contribution >= 4 is 54.8 Å². The summed E-state index contributed by atoms with van der Waals surface area (Å²) in [4.78, 5) is 12.0. The number of ether oxygens (including phenoxy) is 1. The van der Waals surface area contributed by atoms with Gasteiger partial charge in [-0.25, -0.2) is 5.43 Å². The van der Waals surface area contributed by atoms with Crippen molar-refractivity contribution in [1.82, 2.24) is 5.43 Å². The normalized spacial score (nSPS) is 11.1. The third-order valence-electron chi connectivity index (χ3n) is 5.16. The molecule has 4 rings (SSSR count). The Morgan fingerprint density at radius 3 is 2.39 bits per heavy atom. The summed E-state index contributed by atoms with van der Waals surface area (Å²) in [7, 11) is 0. The predicted octanol–water partition coefficient (Wildman–Crippen LogP) is 7.03. The van der Waals surface area contributed by atoms with E-state index >= 15 is 0 Å². The number of carbonyl (C=O) groups is 1. The largest absolute Gasteiger partial charge is 0.487 e. The van der Waals surface area contributed by atoms with Gasteiger partial charge in [-0.2, -0.15) is 5.10 Å². The molecular weight excluding hydrogens is 544 g/mol. The maximum atomic E-state index is 12.0. The Bertz CT molecular complexity index is 1260. The minimum Gasteiger partial charge on any atom is -0.487 e. The van der Waals surface area contributed by atoms with Gasteiger partial charge in [0, 0.05) is 6.42 Å². The third-order valence-corrected chi connectivity index (χ3v) is 6.34. The van der Waals surface area contributed by atoms with Crippen LogP contribution < -0.4 is 10.2 Å². The van der Waals surface area contributed by atoms with Crippen LogP contribution in [0, 0.1) is 0 Å². The molecule has 0 unspecified atom stereocenters. The summed E-state index contributed by atoms with van der Waals surface area (Å²) < 4.78 is 7.73. The first-order chi connectivity index (χ1) is 16.1. The Balaban J connectivity index is 1.36. The number of hydrogen-bond donors (Lipinski definition) is 1. The second-order valence-electron chi connectivity index (χ2n) is 7.52. The Kier molecular flexibility index (Phi) is 7.92. The van der Waals surface area contributed by atoms with E-state index in [-0.39, 0.29) is 5.91 Å². The van der Waals surface area contributed by atoms with E-state index in [9.17, 15) is 4.79 Å². The number of halogens is 2. The Morgan fingerprint density at radius 1 is 0.909 bits per heavy atom. The lowest BCUT2D eigenvalue weighted by Crippen LogP contribution is -2.17. The number of hydrazone groups is 1. The highest BCUT2D eigenvalue weighted by molar-refractivity contribution is 9.11. The van der Waals surface area contributed by atoms with Gasteiger partial charge in [-0.15, -0.1) is 0 Å². The number of rotatable bonds is 8. The van der Waals surface area contributed by atoms with Gasteiger partial charge in [0.05, 0.1) is 15.2 Å². The fourth-order valence-corrected chi connectivity index (χ4v) is 4.95. The minimum absolute atomic E-state index is 0.122. The molecule has 4 nitrogen and oxygen atoms in total. The van der Waals surface area contributed by atoms with Crippen LogP contribution in [0.4, 0.5) is 0 Å². The van der Waals surface area contributed by atoms with E-state index in [0.717, 1.165) is 25.6 Å². The van der Waals surface area contributed by atoms with Crippen molar-refractivity contribution in [2.24, 2.45) is 5.10 Å². The van der Waals surface area contributed by atoms with Crippen LogP contribution in [0.2, 0.25) is 0 Å². The first-order valence-corrected chi connectivity index (χ1v) is 12.1. The first kappa shape index (κ1) is 23.2. The Labute approximate surface area is 209 Å². The summed E-state index contributed by atoms with van der Waals surface area (Å²) in [6.45, 7) is 0.448. The van der Waals surface area contributed by atoms with Crippen LogP contribution in [0.3, 0.4) is 0 Å². The molecule has 1 N–H and O–H groups in total. The number of nitrogens with zero attached hydrogens (tertiary/aromatic N) is 1. The second-order valence-corrected chi connectivity index (χ2v) is 9.23. The molecule has 0 heterocycles. The molecule has 0 fully saturated rings. The van der Waals surface area contributed by atoms with E-state index in [1.165, 1.54) is 10.8 Å². The fraction of sp³-hybridized carbons (Fsp3) is 0.111. The number of nitrogens with one attached hydrogen (secondary N) is 1. The summed E-state index contributed by atoms with van der Waals surface area (Å²) in [5.41, 5.74) is 5.66. The molecule has 0 saturated carbocycles. The van der Waals surface area contributed by atoms with Gasteiger partial charge in [0.15, 0.2) is 0 Å². The van der Waals surface area contributed by atoms with E-state index in [4.69, 9.17) is 4.74 Å². The number of aryl methyl sites for hydroxylation is 1. The average Bonchev–Trinajstić information content (AvgIpc) is 2.83.